The second kappa shape index (κ2) is 69.0. The van der Waals surface area contributed by atoms with Gasteiger partial charge in [0.15, 0.2) is 6.10 Å². The molecular weight excluding hydrogens is 1020 g/mol. The molecular formula is C77H120O6. The SMILES string of the molecule is CC/C=C\C/C=C\C/C=C\C/C=C\C/C=C\C/C=C\CCCCCCCCCCCCCCC(=O)OCC(COC(=O)CCCC/C=C\C/C=C\C/C=C\C/C=C\CC)OC(=O)CCCCC/C=C\C/C=C\C/C=C\C/C=C\C/C=C\CC. The predicted molar refractivity (Wildman–Crippen MR) is 361 cm³/mol. The van der Waals surface area contributed by atoms with Gasteiger partial charge in [-0.2, -0.15) is 0 Å². The van der Waals surface area contributed by atoms with Crippen LogP contribution >= 0.6 is 0 Å². The van der Waals surface area contributed by atoms with Crippen molar-refractivity contribution in [3.63, 3.8) is 0 Å². The lowest BCUT2D eigenvalue weighted by Crippen LogP contribution is -2.30. The molecule has 0 spiro atoms. The largest absolute Gasteiger partial charge is 0.462 e. The first kappa shape index (κ1) is 77.5. The molecule has 0 aliphatic heterocycles. The molecule has 0 aromatic carbocycles. The Morgan fingerprint density at radius 1 is 0.241 bits per heavy atom. The molecule has 0 amide bonds. The quantitative estimate of drug-likeness (QED) is 0.0261. The third kappa shape index (κ3) is 67.2. The molecule has 0 fully saturated rings. The van der Waals surface area contributed by atoms with Crippen LogP contribution < -0.4 is 0 Å². The first-order valence-corrected chi connectivity index (χ1v) is 33.3. The zero-order valence-corrected chi connectivity index (χ0v) is 53.1. The average molecular weight is 1140 g/mol. The van der Waals surface area contributed by atoms with Gasteiger partial charge in [-0.25, -0.2) is 0 Å². The van der Waals surface area contributed by atoms with E-state index in [-0.39, 0.29) is 37.5 Å². The maximum Gasteiger partial charge on any atom is 0.306 e. The number of ether oxygens (including phenoxy) is 3. The molecule has 0 saturated heterocycles. The van der Waals surface area contributed by atoms with E-state index in [0.29, 0.717) is 25.7 Å². The maximum absolute atomic E-state index is 12.9. The van der Waals surface area contributed by atoms with Crippen LogP contribution in [0.4, 0.5) is 0 Å². The molecule has 0 radical (unpaired) electrons. The second-order valence-corrected chi connectivity index (χ2v) is 21.2. The van der Waals surface area contributed by atoms with Crippen molar-refractivity contribution in [1.29, 1.82) is 0 Å². The minimum atomic E-state index is -0.825. The van der Waals surface area contributed by atoms with Crippen molar-refractivity contribution in [2.75, 3.05) is 13.2 Å². The van der Waals surface area contributed by atoms with Crippen LogP contribution in [0.5, 0.6) is 0 Å². The Labute approximate surface area is 510 Å². The van der Waals surface area contributed by atoms with E-state index in [9.17, 15) is 14.4 Å². The highest BCUT2D eigenvalue weighted by atomic mass is 16.6. The number of carbonyl (C=O) groups excluding carboxylic acids is 3. The van der Waals surface area contributed by atoms with E-state index in [0.717, 1.165) is 148 Å². The molecule has 464 valence electrons. The highest BCUT2D eigenvalue weighted by molar-refractivity contribution is 5.71. The van der Waals surface area contributed by atoms with Crippen LogP contribution in [0, 0.1) is 0 Å². The minimum absolute atomic E-state index is 0.114. The fraction of sp³-hybridized carbons (Fsp3) is 0.571. The summed E-state index contributed by atoms with van der Waals surface area (Å²) in [6, 6.07) is 0. The van der Waals surface area contributed by atoms with Gasteiger partial charge in [0, 0.05) is 19.3 Å². The molecule has 0 heterocycles. The summed E-state index contributed by atoms with van der Waals surface area (Å²) in [5.41, 5.74) is 0. The third-order valence-corrected chi connectivity index (χ3v) is 13.4. The molecule has 1 atom stereocenters. The van der Waals surface area contributed by atoms with Gasteiger partial charge in [0.2, 0.25) is 0 Å². The van der Waals surface area contributed by atoms with E-state index in [1.54, 1.807) is 0 Å². The van der Waals surface area contributed by atoms with Gasteiger partial charge in [0.05, 0.1) is 0 Å². The normalized spacial score (nSPS) is 13.3. The van der Waals surface area contributed by atoms with Crippen molar-refractivity contribution in [3.05, 3.63) is 182 Å². The molecule has 0 aromatic heterocycles. The molecule has 1 unspecified atom stereocenters. The fourth-order valence-corrected chi connectivity index (χ4v) is 8.52. The molecule has 6 nitrogen and oxygen atoms in total. The topological polar surface area (TPSA) is 78.9 Å². The van der Waals surface area contributed by atoms with Gasteiger partial charge >= 0.3 is 17.9 Å². The zero-order valence-electron chi connectivity index (χ0n) is 53.1. The van der Waals surface area contributed by atoms with Gasteiger partial charge < -0.3 is 14.2 Å². The van der Waals surface area contributed by atoms with E-state index in [2.05, 4.69) is 203 Å². The van der Waals surface area contributed by atoms with Gasteiger partial charge in [-0.3, -0.25) is 14.4 Å². The number of allylic oxidation sites excluding steroid dienone is 30. The molecule has 0 aliphatic rings. The van der Waals surface area contributed by atoms with Crippen LogP contribution in [-0.4, -0.2) is 37.2 Å². The standard InChI is InChI=1S/C77H120O6/c1-4-7-10-13-16-19-22-25-28-30-32-33-34-35-36-37-38-39-40-41-42-43-45-46-49-52-55-58-61-64-67-70-76(79)82-73-74(72-81-75(78)69-66-63-60-57-54-51-48-27-24-21-18-15-12-9-6-3)83-77(80)71-68-65-62-59-56-53-50-47-44-31-29-26-23-20-17-14-11-8-5-2/h7-12,16-21,25-29,32-33,35-36,38-39,44,47-48,53-54,56-57,74H,4-6,13-15,22-24,30-31,34,37,40-43,45-46,49-52,55,58-73H2,1-3H3/b10-7-,11-8-,12-9-,19-16-,20-17-,21-18-,28-25-,29-26-,33-32-,36-35-,39-38-,47-44-,48-27-,56-53-,57-54-. The lowest BCUT2D eigenvalue weighted by molar-refractivity contribution is -0.167. The van der Waals surface area contributed by atoms with E-state index in [1.807, 2.05) is 0 Å². The van der Waals surface area contributed by atoms with Crippen LogP contribution in [0.2, 0.25) is 0 Å². The van der Waals surface area contributed by atoms with Crippen LogP contribution in [0.15, 0.2) is 182 Å². The molecule has 0 aromatic rings. The lowest BCUT2D eigenvalue weighted by atomic mass is 10.0. The van der Waals surface area contributed by atoms with E-state index < -0.39 is 6.10 Å². The van der Waals surface area contributed by atoms with Crippen molar-refractivity contribution in [2.45, 2.75) is 271 Å². The van der Waals surface area contributed by atoms with Crippen molar-refractivity contribution in [1.82, 2.24) is 0 Å². The van der Waals surface area contributed by atoms with Crippen LogP contribution in [0.3, 0.4) is 0 Å². The summed E-state index contributed by atoms with van der Waals surface area (Å²) < 4.78 is 16.9. The third-order valence-electron chi connectivity index (χ3n) is 13.4. The summed E-state index contributed by atoms with van der Waals surface area (Å²) in [7, 11) is 0. The Kier molecular flexibility index (Phi) is 64.4. The highest BCUT2D eigenvalue weighted by Gasteiger charge is 2.19. The monoisotopic (exact) mass is 1140 g/mol. The first-order valence-electron chi connectivity index (χ1n) is 33.3. The molecule has 6 heteroatoms. The van der Waals surface area contributed by atoms with Gasteiger partial charge in [0.25, 0.3) is 0 Å². The Balaban J connectivity index is 4.40. The van der Waals surface area contributed by atoms with Crippen LogP contribution in [0.1, 0.15) is 265 Å². The smallest absolute Gasteiger partial charge is 0.306 e. The Bertz CT molecular complexity index is 1940. The Morgan fingerprint density at radius 3 is 0.711 bits per heavy atom. The average Bonchev–Trinajstić information content (AvgIpc) is 3.49. The maximum atomic E-state index is 12.9. The molecule has 83 heavy (non-hydrogen) atoms. The summed E-state index contributed by atoms with van der Waals surface area (Å²) in [5, 5.41) is 0. The van der Waals surface area contributed by atoms with Gasteiger partial charge in [0.1, 0.15) is 13.2 Å². The van der Waals surface area contributed by atoms with Crippen molar-refractivity contribution in [2.24, 2.45) is 0 Å². The van der Waals surface area contributed by atoms with E-state index in [1.165, 1.54) is 64.2 Å². The number of esters is 3. The van der Waals surface area contributed by atoms with Gasteiger partial charge in [-0.1, -0.05) is 274 Å². The summed E-state index contributed by atoms with van der Waals surface area (Å²) >= 11 is 0. The fourth-order valence-electron chi connectivity index (χ4n) is 8.52. The van der Waals surface area contributed by atoms with E-state index in [4.69, 9.17) is 14.2 Å². The van der Waals surface area contributed by atoms with Crippen LogP contribution in [0.25, 0.3) is 0 Å². The summed E-state index contributed by atoms with van der Waals surface area (Å²) in [6.07, 6.45) is 103. The first-order chi connectivity index (χ1) is 41.0. The number of rotatable bonds is 58. The number of unbranched alkanes of at least 4 members (excludes halogenated alkanes) is 17. The number of hydrogen-bond acceptors (Lipinski definition) is 6. The lowest BCUT2D eigenvalue weighted by Gasteiger charge is -2.18. The van der Waals surface area contributed by atoms with Crippen molar-refractivity contribution >= 4 is 17.9 Å². The Morgan fingerprint density at radius 2 is 0.434 bits per heavy atom. The van der Waals surface area contributed by atoms with Crippen molar-refractivity contribution in [3.8, 4) is 0 Å². The Hall–Kier alpha value is -5.49. The highest BCUT2D eigenvalue weighted by Crippen LogP contribution is 2.15. The minimum Gasteiger partial charge on any atom is -0.462 e. The molecule has 0 rings (SSSR count). The van der Waals surface area contributed by atoms with Gasteiger partial charge in [-0.15, -0.1) is 0 Å². The van der Waals surface area contributed by atoms with E-state index >= 15 is 0 Å². The van der Waals surface area contributed by atoms with Gasteiger partial charge in [-0.05, 0) is 154 Å². The molecule has 0 bridgehead atoms. The summed E-state index contributed by atoms with van der Waals surface area (Å²) in [5.74, 6) is -0.996. The second-order valence-electron chi connectivity index (χ2n) is 21.2. The van der Waals surface area contributed by atoms with Crippen LogP contribution in [-0.2, 0) is 28.6 Å². The predicted octanol–water partition coefficient (Wildman–Crippen LogP) is 23.2. The summed E-state index contributed by atoms with van der Waals surface area (Å²) in [6.45, 7) is 6.23. The number of hydrogen-bond donors (Lipinski definition) is 0. The molecule has 0 N–H and O–H groups in total. The number of carbonyl (C=O) groups is 3. The molecule has 0 saturated carbocycles. The summed E-state index contributed by atoms with van der Waals surface area (Å²) in [4.78, 5) is 38.4. The zero-order chi connectivity index (χ0) is 59.9. The van der Waals surface area contributed by atoms with Crippen molar-refractivity contribution < 1.29 is 28.6 Å². The molecule has 0 aliphatic carbocycles.